The van der Waals surface area contributed by atoms with Crippen molar-refractivity contribution in [3.8, 4) is 0 Å². The summed E-state index contributed by atoms with van der Waals surface area (Å²) < 4.78 is 0. The van der Waals surface area contributed by atoms with E-state index in [1.165, 1.54) is 32.1 Å². The molecule has 0 nitrogen and oxygen atoms in total. The summed E-state index contributed by atoms with van der Waals surface area (Å²) in [5.74, 6) is 5.84. The van der Waals surface area contributed by atoms with Gasteiger partial charge in [0.1, 0.15) is 7.85 Å². The van der Waals surface area contributed by atoms with Crippen molar-refractivity contribution in [1.29, 1.82) is 0 Å². The molecule has 1 fully saturated rings. The Morgan fingerprint density at radius 3 is 2.24 bits per heavy atom. The molecule has 0 amide bonds. The second-order valence-corrected chi connectivity index (χ2v) is 6.95. The smallest absolute Gasteiger partial charge is 0.0662 e. The van der Waals surface area contributed by atoms with Gasteiger partial charge in [0.25, 0.3) is 0 Å². The van der Waals surface area contributed by atoms with Crippen LogP contribution in [0.15, 0.2) is 0 Å². The van der Waals surface area contributed by atoms with Crippen molar-refractivity contribution in [3.05, 3.63) is 0 Å². The molecule has 0 aromatic rings. The molecule has 0 aliphatic heterocycles. The Kier molecular flexibility index (Phi) is 6.10. The second-order valence-electron chi connectivity index (χ2n) is 6.95. The van der Waals surface area contributed by atoms with Crippen LogP contribution in [0.3, 0.4) is 0 Å². The van der Waals surface area contributed by atoms with Crippen LogP contribution in [0.1, 0.15) is 66.7 Å². The zero-order valence-corrected chi connectivity index (χ0v) is 13.0. The highest BCUT2D eigenvalue weighted by Crippen LogP contribution is 2.52. The van der Waals surface area contributed by atoms with Crippen LogP contribution in [0.5, 0.6) is 0 Å². The van der Waals surface area contributed by atoms with Gasteiger partial charge in [0, 0.05) is 0 Å². The van der Waals surface area contributed by atoms with Gasteiger partial charge in [-0.1, -0.05) is 66.1 Å². The summed E-state index contributed by atoms with van der Waals surface area (Å²) in [6.07, 6.45) is 7.08. The second kappa shape index (κ2) is 6.85. The van der Waals surface area contributed by atoms with Crippen LogP contribution in [-0.2, 0) is 0 Å². The molecule has 1 aliphatic rings. The van der Waals surface area contributed by atoms with Crippen molar-refractivity contribution in [1.82, 2.24) is 0 Å². The molecule has 0 spiro atoms. The van der Waals surface area contributed by atoms with E-state index in [4.69, 9.17) is 0 Å². The maximum atomic E-state index is 2.52. The van der Waals surface area contributed by atoms with E-state index in [0.29, 0.717) is 0 Å². The number of hydrogen-bond donors (Lipinski definition) is 0. The van der Waals surface area contributed by atoms with Crippen molar-refractivity contribution in [2.24, 2.45) is 29.6 Å². The average Bonchev–Trinajstić information content (AvgIpc) is 2.95. The Morgan fingerprint density at radius 2 is 1.82 bits per heavy atom. The predicted octanol–water partition coefficient (Wildman–Crippen LogP) is 4.55. The molecule has 0 radical (unpaired) electrons. The van der Waals surface area contributed by atoms with Crippen molar-refractivity contribution in [2.75, 3.05) is 0 Å². The van der Waals surface area contributed by atoms with Crippen LogP contribution in [0.4, 0.5) is 0 Å². The van der Waals surface area contributed by atoms with E-state index in [0.717, 1.165) is 35.4 Å². The molecular weight excluding hydrogens is 203 g/mol. The molecular formula is C16H33B. The van der Waals surface area contributed by atoms with Gasteiger partial charge in [-0.15, -0.1) is 0 Å². The van der Waals surface area contributed by atoms with E-state index in [-0.39, 0.29) is 0 Å². The van der Waals surface area contributed by atoms with E-state index in [9.17, 15) is 0 Å². The van der Waals surface area contributed by atoms with Crippen LogP contribution in [-0.4, -0.2) is 7.85 Å². The lowest BCUT2D eigenvalue weighted by Gasteiger charge is -2.31. The van der Waals surface area contributed by atoms with Crippen molar-refractivity contribution in [2.45, 2.75) is 72.5 Å². The van der Waals surface area contributed by atoms with E-state index >= 15 is 0 Å². The van der Waals surface area contributed by atoms with Gasteiger partial charge in [-0.25, -0.2) is 0 Å². The minimum Gasteiger partial charge on any atom is -0.0662 e. The molecule has 100 valence electrons. The fourth-order valence-corrected chi connectivity index (χ4v) is 3.97. The van der Waals surface area contributed by atoms with Gasteiger partial charge in [-0.05, 0) is 36.0 Å². The lowest BCUT2D eigenvalue weighted by Crippen LogP contribution is -2.22. The first-order chi connectivity index (χ1) is 8.01. The van der Waals surface area contributed by atoms with Crippen molar-refractivity contribution in [3.63, 3.8) is 0 Å². The fourth-order valence-electron chi connectivity index (χ4n) is 3.97. The predicted molar refractivity (Wildman–Crippen MR) is 81.2 cm³/mol. The quantitative estimate of drug-likeness (QED) is 0.542. The highest BCUT2D eigenvalue weighted by molar-refractivity contribution is 6.11. The number of hydrogen-bond acceptors (Lipinski definition) is 0. The zero-order chi connectivity index (χ0) is 13.0. The van der Waals surface area contributed by atoms with Gasteiger partial charge in [0.05, 0.1) is 0 Å². The van der Waals surface area contributed by atoms with Crippen LogP contribution < -0.4 is 0 Å². The summed E-state index contributed by atoms with van der Waals surface area (Å²) in [4.78, 5) is 0. The van der Waals surface area contributed by atoms with E-state index in [1.54, 1.807) is 0 Å². The standard InChI is InChI=1S/C16H33B/c1-6-8-11(3)9-15(17)16(12(4)7-2)14-10-13(14)5/h11-16H,6-10,17H2,1-5H3. The summed E-state index contributed by atoms with van der Waals surface area (Å²) in [6.45, 7) is 12.1. The molecule has 1 heteroatoms. The fraction of sp³-hybridized carbons (Fsp3) is 1.00. The average molecular weight is 236 g/mol. The topological polar surface area (TPSA) is 0 Å². The lowest BCUT2D eigenvalue weighted by atomic mass is 9.64. The van der Waals surface area contributed by atoms with Crippen LogP contribution in [0, 0.1) is 29.6 Å². The first kappa shape index (κ1) is 15.1. The van der Waals surface area contributed by atoms with E-state index in [1.807, 2.05) is 0 Å². The molecule has 1 rings (SSSR count). The molecule has 0 saturated heterocycles. The maximum Gasteiger partial charge on any atom is 0.105 e. The van der Waals surface area contributed by atoms with Gasteiger partial charge in [-0.3, -0.25) is 0 Å². The Balaban J connectivity index is 2.51. The Labute approximate surface area is 110 Å². The highest BCUT2D eigenvalue weighted by atomic mass is 14.5. The normalized spacial score (nSPS) is 30.6. The third-order valence-electron chi connectivity index (χ3n) is 5.18. The molecule has 0 N–H and O–H groups in total. The molecule has 6 atom stereocenters. The number of rotatable bonds is 8. The monoisotopic (exact) mass is 236 g/mol. The summed E-state index contributed by atoms with van der Waals surface area (Å²) in [5, 5.41) is 0. The third-order valence-corrected chi connectivity index (χ3v) is 5.18. The van der Waals surface area contributed by atoms with Gasteiger partial charge in [-0.2, -0.15) is 0 Å². The van der Waals surface area contributed by atoms with Gasteiger partial charge < -0.3 is 0 Å². The Bertz CT molecular complexity index is 210. The van der Waals surface area contributed by atoms with Crippen LogP contribution >= 0.6 is 0 Å². The molecule has 1 aliphatic carbocycles. The molecule has 0 aromatic carbocycles. The van der Waals surface area contributed by atoms with E-state index in [2.05, 4.69) is 42.5 Å². The van der Waals surface area contributed by atoms with Crippen molar-refractivity contribution >= 4 is 7.85 Å². The largest absolute Gasteiger partial charge is 0.105 e. The lowest BCUT2D eigenvalue weighted by molar-refractivity contribution is 0.258. The minimum atomic E-state index is 0.925. The summed E-state index contributed by atoms with van der Waals surface area (Å²) in [6, 6.07) is 0. The molecule has 17 heavy (non-hydrogen) atoms. The third kappa shape index (κ3) is 4.34. The van der Waals surface area contributed by atoms with Gasteiger partial charge >= 0.3 is 0 Å². The summed E-state index contributed by atoms with van der Waals surface area (Å²) in [7, 11) is 2.52. The Hall–Kier alpha value is 0.0649. The molecule has 0 heterocycles. The first-order valence-corrected chi connectivity index (χ1v) is 8.01. The van der Waals surface area contributed by atoms with E-state index < -0.39 is 0 Å². The zero-order valence-electron chi connectivity index (χ0n) is 13.0. The summed E-state index contributed by atoms with van der Waals surface area (Å²) in [5.41, 5.74) is 0. The van der Waals surface area contributed by atoms with Gasteiger partial charge in [0.15, 0.2) is 0 Å². The maximum absolute atomic E-state index is 2.52. The molecule has 6 unspecified atom stereocenters. The Morgan fingerprint density at radius 1 is 1.24 bits per heavy atom. The minimum absolute atomic E-state index is 0.925. The van der Waals surface area contributed by atoms with Crippen LogP contribution in [0.2, 0.25) is 5.82 Å². The van der Waals surface area contributed by atoms with Gasteiger partial charge in [0.2, 0.25) is 0 Å². The van der Waals surface area contributed by atoms with Crippen molar-refractivity contribution < 1.29 is 0 Å². The van der Waals surface area contributed by atoms with Crippen LogP contribution in [0.25, 0.3) is 0 Å². The molecule has 0 bridgehead atoms. The highest BCUT2D eigenvalue weighted by Gasteiger charge is 2.43. The molecule has 0 aromatic heterocycles. The summed E-state index contributed by atoms with van der Waals surface area (Å²) >= 11 is 0. The SMILES string of the molecule is BC(CC(C)CCC)C(C(C)CC)C1CC1C. The molecule has 1 saturated carbocycles. The first-order valence-electron chi connectivity index (χ1n) is 8.01.